The third-order valence-corrected chi connectivity index (χ3v) is 2.21. The number of aromatic nitrogens is 1. The number of carbonyl (C=O) groups is 1. The standard InChI is InChI=1S/C13H17NO3/c1-13(2,3)17-10-6-12(16-9-4-5-9)11(8-15)14-7-10/h6-9H,4-5H2,1-3H3. The highest BCUT2D eigenvalue weighted by molar-refractivity contribution is 5.76. The topological polar surface area (TPSA) is 48.4 Å². The quantitative estimate of drug-likeness (QED) is 0.753. The summed E-state index contributed by atoms with van der Waals surface area (Å²) in [5.41, 5.74) is 0.0412. The Hall–Kier alpha value is -1.58. The van der Waals surface area contributed by atoms with Gasteiger partial charge in [-0.1, -0.05) is 0 Å². The molecule has 1 heterocycles. The predicted molar refractivity (Wildman–Crippen MR) is 63.7 cm³/mol. The van der Waals surface area contributed by atoms with Crippen molar-refractivity contribution in [1.29, 1.82) is 0 Å². The SMILES string of the molecule is CC(C)(C)Oc1cnc(C=O)c(OC2CC2)c1. The molecule has 1 aromatic rings. The van der Waals surface area contributed by atoms with Gasteiger partial charge in [-0.3, -0.25) is 4.79 Å². The largest absolute Gasteiger partial charge is 0.488 e. The highest BCUT2D eigenvalue weighted by Gasteiger charge is 2.25. The van der Waals surface area contributed by atoms with E-state index >= 15 is 0 Å². The molecule has 0 aromatic carbocycles. The lowest BCUT2D eigenvalue weighted by Crippen LogP contribution is -2.23. The lowest BCUT2D eigenvalue weighted by molar-refractivity contribution is 0.111. The van der Waals surface area contributed by atoms with E-state index in [0.29, 0.717) is 23.5 Å². The summed E-state index contributed by atoms with van der Waals surface area (Å²) < 4.78 is 11.3. The van der Waals surface area contributed by atoms with E-state index in [4.69, 9.17) is 9.47 Å². The molecular weight excluding hydrogens is 218 g/mol. The summed E-state index contributed by atoms with van der Waals surface area (Å²) in [6.07, 6.45) is 4.58. The third kappa shape index (κ3) is 3.44. The lowest BCUT2D eigenvalue weighted by Gasteiger charge is -2.21. The van der Waals surface area contributed by atoms with Crippen LogP contribution in [0.1, 0.15) is 44.1 Å². The van der Waals surface area contributed by atoms with Crippen LogP contribution in [0.3, 0.4) is 0 Å². The zero-order chi connectivity index (χ0) is 12.5. The predicted octanol–water partition coefficient (Wildman–Crippen LogP) is 2.61. The molecule has 92 valence electrons. The zero-order valence-corrected chi connectivity index (χ0v) is 10.4. The van der Waals surface area contributed by atoms with Crippen LogP contribution in [-0.2, 0) is 0 Å². The monoisotopic (exact) mass is 235 g/mol. The molecule has 1 saturated carbocycles. The van der Waals surface area contributed by atoms with Crippen LogP contribution in [0.4, 0.5) is 0 Å². The zero-order valence-electron chi connectivity index (χ0n) is 10.4. The van der Waals surface area contributed by atoms with Gasteiger partial charge >= 0.3 is 0 Å². The summed E-state index contributed by atoms with van der Waals surface area (Å²) in [6, 6.07) is 1.74. The molecule has 4 nitrogen and oxygen atoms in total. The van der Waals surface area contributed by atoms with E-state index in [9.17, 15) is 4.79 Å². The van der Waals surface area contributed by atoms with E-state index in [1.54, 1.807) is 12.3 Å². The number of pyridine rings is 1. The average Bonchev–Trinajstić information content (AvgIpc) is 3.00. The van der Waals surface area contributed by atoms with E-state index in [2.05, 4.69) is 4.98 Å². The van der Waals surface area contributed by atoms with Gasteiger partial charge in [-0.05, 0) is 33.6 Å². The molecule has 0 bridgehead atoms. The van der Waals surface area contributed by atoms with Gasteiger partial charge in [0.05, 0.1) is 12.3 Å². The summed E-state index contributed by atoms with van der Waals surface area (Å²) in [7, 11) is 0. The number of hydrogen-bond donors (Lipinski definition) is 0. The van der Waals surface area contributed by atoms with Crippen LogP contribution in [0, 0.1) is 0 Å². The second-order valence-corrected chi connectivity index (χ2v) is 5.20. The molecule has 1 aliphatic carbocycles. The van der Waals surface area contributed by atoms with E-state index in [0.717, 1.165) is 12.8 Å². The van der Waals surface area contributed by atoms with Crippen molar-refractivity contribution in [2.45, 2.75) is 45.3 Å². The van der Waals surface area contributed by atoms with Gasteiger partial charge < -0.3 is 9.47 Å². The fourth-order valence-electron chi connectivity index (χ4n) is 1.39. The highest BCUT2D eigenvalue weighted by Crippen LogP contribution is 2.31. The van der Waals surface area contributed by atoms with Crippen molar-refractivity contribution in [3.63, 3.8) is 0 Å². The van der Waals surface area contributed by atoms with Crippen LogP contribution in [0.5, 0.6) is 11.5 Å². The minimum Gasteiger partial charge on any atom is -0.488 e. The Morgan fingerprint density at radius 1 is 1.41 bits per heavy atom. The van der Waals surface area contributed by atoms with Gasteiger partial charge in [0, 0.05) is 6.07 Å². The van der Waals surface area contributed by atoms with Gasteiger partial charge in [-0.15, -0.1) is 0 Å². The first kappa shape index (κ1) is 11.9. The smallest absolute Gasteiger partial charge is 0.172 e. The molecule has 0 unspecified atom stereocenters. The molecule has 2 rings (SSSR count). The molecule has 0 radical (unpaired) electrons. The summed E-state index contributed by atoms with van der Waals surface area (Å²) in [6.45, 7) is 5.88. The molecule has 0 aliphatic heterocycles. The molecule has 0 amide bonds. The molecule has 1 fully saturated rings. The fraction of sp³-hybridized carbons (Fsp3) is 0.538. The second kappa shape index (κ2) is 4.35. The average molecular weight is 235 g/mol. The Labute approximate surface area is 101 Å². The molecule has 1 aromatic heterocycles. The maximum absolute atomic E-state index is 10.8. The molecule has 17 heavy (non-hydrogen) atoms. The number of aldehydes is 1. The van der Waals surface area contributed by atoms with E-state index in [1.165, 1.54) is 0 Å². The van der Waals surface area contributed by atoms with Crippen molar-refractivity contribution in [2.24, 2.45) is 0 Å². The van der Waals surface area contributed by atoms with E-state index in [1.807, 2.05) is 20.8 Å². The Morgan fingerprint density at radius 2 is 2.12 bits per heavy atom. The fourth-order valence-corrected chi connectivity index (χ4v) is 1.39. The van der Waals surface area contributed by atoms with Gasteiger partial charge in [0.2, 0.25) is 0 Å². The van der Waals surface area contributed by atoms with Gasteiger partial charge in [-0.2, -0.15) is 0 Å². The summed E-state index contributed by atoms with van der Waals surface area (Å²) in [5.74, 6) is 1.14. The Balaban J connectivity index is 2.20. The maximum Gasteiger partial charge on any atom is 0.172 e. The minimum atomic E-state index is -0.290. The van der Waals surface area contributed by atoms with Gasteiger partial charge in [0.1, 0.15) is 17.0 Å². The third-order valence-electron chi connectivity index (χ3n) is 2.21. The minimum absolute atomic E-state index is 0.236. The van der Waals surface area contributed by atoms with E-state index < -0.39 is 0 Å². The Kier molecular flexibility index (Phi) is 3.05. The van der Waals surface area contributed by atoms with Crippen LogP contribution in [0.15, 0.2) is 12.3 Å². The van der Waals surface area contributed by atoms with Crippen molar-refractivity contribution in [3.05, 3.63) is 18.0 Å². The van der Waals surface area contributed by atoms with Crippen molar-refractivity contribution >= 4 is 6.29 Å². The molecular formula is C13H17NO3. The summed E-state index contributed by atoms with van der Waals surface area (Å²) in [5, 5.41) is 0. The van der Waals surface area contributed by atoms with Gasteiger partial charge in [-0.25, -0.2) is 4.98 Å². The number of ether oxygens (including phenoxy) is 2. The van der Waals surface area contributed by atoms with Crippen LogP contribution in [0.2, 0.25) is 0 Å². The molecule has 0 saturated heterocycles. The number of rotatable bonds is 4. The molecule has 0 atom stereocenters. The number of carbonyl (C=O) groups excluding carboxylic acids is 1. The van der Waals surface area contributed by atoms with Crippen molar-refractivity contribution in [1.82, 2.24) is 4.98 Å². The molecule has 1 aliphatic rings. The lowest BCUT2D eigenvalue weighted by atomic mass is 10.2. The first-order valence-corrected chi connectivity index (χ1v) is 5.79. The van der Waals surface area contributed by atoms with Gasteiger partial charge in [0.25, 0.3) is 0 Å². The first-order valence-electron chi connectivity index (χ1n) is 5.79. The number of hydrogen-bond acceptors (Lipinski definition) is 4. The van der Waals surface area contributed by atoms with Crippen molar-refractivity contribution < 1.29 is 14.3 Å². The van der Waals surface area contributed by atoms with Crippen LogP contribution in [0.25, 0.3) is 0 Å². The van der Waals surface area contributed by atoms with E-state index in [-0.39, 0.29) is 11.7 Å². The normalized spacial score (nSPS) is 15.5. The Bertz CT molecular complexity index is 419. The second-order valence-electron chi connectivity index (χ2n) is 5.20. The Morgan fingerprint density at radius 3 is 2.65 bits per heavy atom. The molecule has 4 heteroatoms. The highest BCUT2D eigenvalue weighted by atomic mass is 16.5. The maximum atomic E-state index is 10.8. The van der Waals surface area contributed by atoms with Gasteiger partial charge in [0.15, 0.2) is 12.0 Å². The molecule has 0 N–H and O–H groups in total. The summed E-state index contributed by atoms with van der Waals surface area (Å²) in [4.78, 5) is 14.9. The van der Waals surface area contributed by atoms with Crippen molar-refractivity contribution in [2.75, 3.05) is 0 Å². The number of nitrogens with zero attached hydrogens (tertiary/aromatic N) is 1. The van der Waals surface area contributed by atoms with Crippen LogP contribution < -0.4 is 9.47 Å². The van der Waals surface area contributed by atoms with Crippen LogP contribution in [-0.4, -0.2) is 23.0 Å². The summed E-state index contributed by atoms with van der Waals surface area (Å²) >= 11 is 0. The van der Waals surface area contributed by atoms with Crippen LogP contribution >= 0.6 is 0 Å². The van der Waals surface area contributed by atoms with Crippen molar-refractivity contribution in [3.8, 4) is 11.5 Å². The molecule has 0 spiro atoms. The first-order chi connectivity index (χ1) is 7.98.